The third-order valence-corrected chi connectivity index (χ3v) is 5.80. The van der Waals surface area contributed by atoms with Crippen LogP contribution < -0.4 is 0 Å². The van der Waals surface area contributed by atoms with Gasteiger partial charge < -0.3 is 9.88 Å². The number of nitrogens with one attached hydrogen (secondary N) is 2. The Morgan fingerprint density at radius 2 is 2.00 bits per heavy atom. The minimum atomic E-state index is 0.753. The van der Waals surface area contributed by atoms with Crippen molar-refractivity contribution in [2.75, 3.05) is 14.1 Å². The van der Waals surface area contributed by atoms with Crippen LogP contribution in [0.15, 0.2) is 85.5 Å². The number of H-pyrrole nitrogens is 2. The molecule has 0 saturated heterocycles. The lowest BCUT2D eigenvalue weighted by molar-refractivity contribution is 0.530. The number of likely N-dealkylation sites (N-methyl/N-ethyl adjacent to an activating group) is 1. The SMILES string of the molecule is C=C/C(=C\C(=C/C)c1ccc2[nH]nc(-c3cc4c(-c5cccnc5)ccnc4[nH]3)c2n1)N(C)C. The Bertz CT molecular complexity index is 1550. The number of allylic oxidation sites excluding steroid dienone is 4. The molecule has 0 bridgehead atoms. The van der Waals surface area contributed by atoms with E-state index in [1.54, 1.807) is 12.4 Å². The summed E-state index contributed by atoms with van der Waals surface area (Å²) in [5.41, 5.74) is 9.05. The molecule has 34 heavy (non-hydrogen) atoms. The first-order valence-corrected chi connectivity index (χ1v) is 11.0. The van der Waals surface area contributed by atoms with Crippen molar-refractivity contribution in [1.29, 1.82) is 0 Å². The highest BCUT2D eigenvalue weighted by Crippen LogP contribution is 2.33. The maximum absolute atomic E-state index is 4.97. The molecule has 0 aromatic carbocycles. The van der Waals surface area contributed by atoms with E-state index in [2.05, 4.69) is 43.9 Å². The lowest BCUT2D eigenvalue weighted by Gasteiger charge is -2.14. The van der Waals surface area contributed by atoms with Gasteiger partial charge in [0.25, 0.3) is 0 Å². The van der Waals surface area contributed by atoms with Gasteiger partial charge in [-0.2, -0.15) is 5.10 Å². The number of hydrogen-bond acceptors (Lipinski definition) is 5. The van der Waals surface area contributed by atoms with Gasteiger partial charge >= 0.3 is 0 Å². The minimum absolute atomic E-state index is 0.753. The molecule has 0 amide bonds. The van der Waals surface area contributed by atoms with Crippen LogP contribution in [0, 0.1) is 0 Å². The van der Waals surface area contributed by atoms with Gasteiger partial charge in [0.05, 0.1) is 16.9 Å². The molecule has 5 aromatic heterocycles. The van der Waals surface area contributed by atoms with Gasteiger partial charge in [0, 0.05) is 49.3 Å². The lowest BCUT2D eigenvalue weighted by atomic mass is 10.1. The molecule has 0 atom stereocenters. The highest BCUT2D eigenvalue weighted by atomic mass is 15.1. The van der Waals surface area contributed by atoms with E-state index in [4.69, 9.17) is 4.98 Å². The maximum Gasteiger partial charge on any atom is 0.138 e. The molecule has 0 saturated carbocycles. The molecule has 7 heteroatoms. The van der Waals surface area contributed by atoms with Gasteiger partial charge in [0.1, 0.15) is 16.9 Å². The van der Waals surface area contributed by atoms with Crippen LogP contribution >= 0.6 is 0 Å². The molecule has 0 unspecified atom stereocenters. The Hall–Kier alpha value is -4.52. The molecule has 2 N–H and O–H groups in total. The second kappa shape index (κ2) is 8.78. The summed E-state index contributed by atoms with van der Waals surface area (Å²) in [7, 11) is 3.99. The molecular weight excluding hydrogens is 422 g/mol. The third-order valence-electron chi connectivity index (χ3n) is 5.80. The van der Waals surface area contributed by atoms with E-state index in [9.17, 15) is 0 Å². The highest BCUT2D eigenvalue weighted by Gasteiger charge is 2.16. The van der Waals surface area contributed by atoms with E-state index >= 15 is 0 Å². The number of nitrogens with zero attached hydrogens (tertiary/aromatic N) is 5. The fourth-order valence-electron chi connectivity index (χ4n) is 4.01. The van der Waals surface area contributed by atoms with Crippen molar-refractivity contribution < 1.29 is 0 Å². The van der Waals surface area contributed by atoms with E-state index < -0.39 is 0 Å². The fraction of sp³-hybridized carbons (Fsp3) is 0.111. The first-order chi connectivity index (χ1) is 16.6. The van der Waals surface area contributed by atoms with Crippen LogP contribution in [0.1, 0.15) is 12.6 Å². The van der Waals surface area contributed by atoms with Crippen LogP contribution in [-0.4, -0.2) is 49.1 Å². The van der Waals surface area contributed by atoms with Crippen LogP contribution in [-0.2, 0) is 0 Å². The van der Waals surface area contributed by atoms with Crippen LogP contribution in [0.3, 0.4) is 0 Å². The molecule has 0 aliphatic heterocycles. The number of fused-ring (bicyclic) bond motifs is 2. The summed E-state index contributed by atoms with van der Waals surface area (Å²) in [5, 5.41) is 8.70. The number of hydrogen-bond donors (Lipinski definition) is 2. The Kier molecular flexibility index (Phi) is 5.51. The largest absolute Gasteiger partial charge is 0.378 e. The summed E-state index contributed by atoms with van der Waals surface area (Å²) in [4.78, 5) is 19.2. The van der Waals surface area contributed by atoms with Gasteiger partial charge in [0.2, 0.25) is 0 Å². The normalized spacial score (nSPS) is 12.4. The number of pyridine rings is 3. The molecule has 5 heterocycles. The molecule has 0 aliphatic rings. The van der Waals surface area contributed by atoms with Crippen molar-refractivity contribution in [3.63, 3.8) is 0 Å². The van der Waals surface area contributed by atoms with Crippen LogP contribution in [0.2, 0.25) is 0 Å². The van der Waals surface area contributed by atoms with Crippen LogP contribution in [0.25, 0.3) is 50.2 Å². The molecule has 0 spiro atoms. The zero-order chi connectivity index (χ0) is 23.7. The molecule has 0 radical (unpaired) electrons. The van der Waals surface area contributed by atoms with Gasteiger partial charge in [-0.25, -0.2) is 9.97 Å². The number of aromatic amines is 2. The van der Waals surface area contributed by atoms with Crippen molar-refractivity contribution in [2.45, 2.75) is 6.92 Å². The van der Waals surface area contributed by atoms with E-state index in [1.807, 2.05) is 74.6 Å². The first-order valence-electron chi connectivity index (χ1n) is 11.0. The monoisotopic (exact) mass is 447 g/mol. The fourth-order valence-corrected chi connectivity index (χ4v) is 4.01. The Balaban J connectivity index is 1.62. The summed E-state index contributed by atoms with van der Waals surface area (Å²) in [6.07, 6.45) is 11.4. The van der Waals surface area contributed by atoms with E-state index in [1.165, 1.54) is 0 Å². The molecule has 5 rings (SSSR count). The smallest absolute Gasteiger partial charge is 0.138 e. The summed E-state index contributed by atoms with van der Waals surface area (Å²) in [6.45, 7) is 5.93. The van der Waals surface area contributed by atoms with Crippen molar-refractivity contribution in [3.8, 4) is 22.5 Å². The molecule has 5 aromatic rings. The lowest BCUT2D eigenvalue weighted by Crippen LogP contribution is -2.09. The van der Waals surface area contributed by atoms with Crippen molar-refractivity contribution in [2.24, 2.45) is 0 Å². The van der Waals surface area contributed by atoms with Gasteiger partial charge in [-0.15, -0.1) is 0 Å². The molecule has 0 fully saturated rings. The predicted octanol–water partition coefficient (Wildman–Crippen LogP) is 5.60. The summed E-state index contributed by atoms with van der Waals surface area (Å²) in [5.74, 6) is 0. The Labute approximate surface area is 197 Å². The van der Waals surface area contributed by atoms with Crippen LogP contribution in [0.4, 0.5) is 0 Å². The van der Waals surface area contributed by atoms with Gasteiger partial charge in [-0.05, 0) is 60.5 Å². The van der Waals surface area contributed by atoms with Crippen molar-refractivity contribution in [3.05, 3.63) is 91.2 Å². The van der Waals surface area contributed by atoms with E-state index in [0.29, 0.717) is 0 Å². The average Bonchev–Trinajstić information content (AvgIpc) is 3.48. The Morgan fingerprint density at radius 3 is 2.74 bits per heavy atom. The van der Waals surface area contributed by atoms with E-state index in [-0.39, 0.29) is 0 Å². The zero-order valence-corrected chi connectivity index (χ0v) is 19.4. The van der Waals surface area contributed by atoms with Crippen LogP contribution in [0.5, 0.6) is 0 Å². The predicted molar refractivity (Wildman–Crippen MR) is 138 cm³/mol. The van der Waals surface area contributed by atoms with E-state index in [0.717, 1.165) is 61.5 Å². The van der Waals surface area contributed by atoms with Crippen molar-refractivity contribution in [1.82, 2.24) is 35.0 Å². The topological polar surface area (TPSA) is 86.4 Å². The van der Waals surface area contributed by atoms with Crippen molar-refractivity contribution >= 4 is 27.6 Å². The van der Waals surface area contributed by atoms with Gasteiger partial charge in [-0.3, -0.25) is 10.1 Å². The maximum atomic E-state index is 4.97. The summed E-state index contributed by atoms with van der Waals surface area (Å²) in [6, 6.07) is 12.1. The molecule has 0 aliphatic carbocycles. The first kappa shape index (κ1) is 21.3. The molecule has 168 valence electrons. The quantitative estimate of drug-likeness (QED) is 0.331. The second-order valence-corrected chi connectivity index (χ2v) is 8.12. The summed E-state index contributed by atoms with van der Waals surface area (Å²) < 4.78 is 0. The zero-order valence-electron chi connectivity index (χ0n) is 19.4. The minimum Gasteiger partial charge on any atom is -0.378 e. The summed E-state index contributed by atoms with van der Waals surface area (Å²) >= 11 is 0. The highest BCUT2D eigenvalue weighted by molar-refractivity contribution is 5.98. The number of aromatic nitrogens is 6. The second-order valence-electron chi connectivity index (χ2n) is 8.12. The molecular formula is C27H25N7. The molecule has 7 nitrogen and oxygen atoms in total. The Morgan fingerprint density at radius 1 is 1.12 bits per heavy atom. The standard InChI is InChI=1S/C27H25N7/c1-5-17(14-19(6-2)34(3)4)22-9-10-23-25(30-22)26(33-32-23)24-15-21-20(11-13-29-27(21)31-24)18-8-7-12-28-16-18/h5-16H,2H2,1,3-4H3,(H,29,31)(H,32,33)/b17-5+,19-14+. The number of rotatable bonds is 6. The third kappa shape index (κ3) is 3.77. The average molecular weight is 448 g/mol. The van der Waals surface area contributed by atoms with Gasteiger partial charge in [-0.1, -0.05) is 18.7 Å². The van der Waals surface area contributed by atoms with Gasteiger partial charge in [0.15, 0.2) is 0 Å².